The number of aliphatic carboxylic acids is 1. The van der Waals surface area contributed by atoms with Gasteiger partial charge in [0.1, 0.15) is 5.54 Å². The second-order valence-corrected chi connectivity index (χ2v) is 6.27. The largest absolute Gasteiger partial charge is 0.479 e. The van der Waals surface area contributed by atoms with E-state index in [0.717, 1.165) is 24.8 Å². The predicted octanol–water partition coefficient (Wildman–Crippen LogP) is 3.41. The maximum atomic E-state index is 12.4. The van der Waals surface area contributed by atoms with Gasteiger partial charge in [0.2, 0.25) is 0 Å². The fourth-order valence-electron chi connectivity index (χ4n) is 2.98. The van der Waals surface area contributed by atoms with Crippen LogP contribution in [0, 0.1) is 12.8 Å². The number of halogens is 1. The van der Waals surface area contributed by atoms with Crippen molar-refractivity contribution in [1.29, 1.82) is 0 Å². The van der Waals surface area contributed by atoms with Crippen molar-refractivity contribution < 1.29 is 14.7 Å². The third kappa shape index (κ3) is 3.05. The molecule has 114 valence electrons. The van der Waals surface area contributed by atoms with Gasteiger partial charge in [-0.15, -0.1) is 0 Å². The second kappa shape index (κ2) is 6.06. The lowest BCUT2D eigenvalue weighted by molar-refractivity contribution is -0.148. The molecule has 0 aliphatic heterocycles. The average Bonchev–Trinajstić information content (AvgIpc) is 2.41. The zero-order chi connectivity index (χ0) is 15.6. The summed E-state index contributed by atoms with van der Waals surface area (Å²) in [4.78, 5) is 24.2. The number of benzene rings is 1. The molecule has 0 bridgehead atoms. The summed E-state index contributed by atoms with van der Waals surface area (Å²) in [6, 6.07) is 5.13. The molecular weight excluding hydrogens is 290 g/mol. The zero-order valence-electron chi connectivity index (χ0n) is 12.3. The first-order valence-electron chi connectivity index (χ1n) is 7.19. The number of hydrogen-bond acceptors (Lipinski definition) is 2. The van der Waals surface area contributed by atoms with Crippen LogP contribution in [0.3, 0.4) is 0 Å². The molecule has 1 aliphatic carbocycles. The number of nitrogens with one attached hydrogen (secondary N) is 1. The van der Waals surface area contributed by atoms with Crippen LogP contribution in [0.1, 0.15) is 48.5 Å². The summed E-state index contributed by atoms with van der Waals surface area (Å²) in [5.74, 6) is -1.49. The lowest BCUT2D eigenvalue weighted by Crippen LogP contribution is -2.60. The highest BCUT2D eigenvalue weighted by molar-refractivity contribution is 6.34. The molecule has 0 aromatic heterocycles. The highest BCUT2D eigenvalue weighted by Gasteiger charge is 2.46. The predicted molar refractivity (Wildman–Crippen MR) is 81.7 cm³/mol. The molecule has 0 heterocycles. The van der Waals surface area contributed by atoms with E-state index in [-0.39, 0.29) is 5.92 Å². The average molecular weight is 310 g/mol. The van der Waals surface area contributed by atoms with Gasteiger partial charge in [0.05, 0.1) is 10.6 Å². The van der Waals surface area contributed by atoms with Crippen LogP contribution in [-0.2, 0) is 4.79 Å². The Hall–Kier alpha value is -1.55. The van der Waals surface area contributed by atoms with Gasteiger partial charge in [-0.2, -0.15) is 0 Å². The summed E-state index contributed by atoms with van der Waals surface area (Å²) in [5.41, 5.74) is 0.0833. The van der Waals surface area contributed by atoms with Crippen molar-refractivity contribution in [2.45, 2.75) is 45.1 Å². The van der Waals surface area contributed by atoms with Gasteiger partial charge >= 0.3 is 5.97 Å². The number of carboxylic acids is 1. The molecule has 5 heteroatoms. The van der Waals surface area contributed by atoms with E-state index in [1.54, 1.807) is 18.2 Å². The van der Waals surface area contributed by atoms with Crippen LogP contribution in [0.4, 0.5) is 0 Å². The molecular formula is C16H20ClNO3. The topological polar surface area (TPSA) is 66.4 Å². The third-order valence-corrected chi connectivity index (χ3v) is 4.70. The number of carboxylic acid groups (broad SMARTS) is 1. The van der Waals surface area contributed by atoms with Gasteiger partial charge in [0.25, 0.3) is 5.91 Å². The quantitative estimate of drug-likeness (QED) is 0.899. The van der Waals surface area contributed by atoms with Gasteiger partial charge in [0, 0.05) is 0 Å². The summed E-state index contributed by atoms with van der Waals surface area (Å²) in [5, 5.41) is 12.7. The number of carbonyl (C=O) groups excluding carboxylic acids is 1. The van der Waals surface area contributed by atoms with Crippen LogP contribution in [0.5, 0.6) is 0 Å². The normalized spacial score (nSPS) is 25.4. The monoisotopic (exact) mass is 309 g/mol. The van der Waals surface area contributed by atoms with E-state index in [2.05, 4.69) is 5.32 Å². The summed E-state index contributed by atoms with van der Waals surface area (Å²) < 4.78 is 0. The molecule has 1 fully saturated rings. The lowest BCUT2D eigenvalue weighted by Gasteiger charge is -2.39. The Morgan fingerprint density at radius 1 is 1.38 bits per heavy atom. The van der Waals surface area contributed by atoms with Gasteiger partial charge < -0.3 is 10.4 Å². The molecule has 4 nitrogen and oxygen atoms in total. The van der Waals surface area contributed by atoms with Crippen LogP contribution >= 0.6 is 11.6 Å². The van der Waals surface area contributed by atoms with E-state index in [1.807, 2.05) is 13.8 Å². The fraction of sp³-hybridized carbons (Fsp3) is 0.500. The van der Waals surface area contributed by atoms with Crippen molar-refractivity contribution in [3.05, 3.63) is 34.3 Å². The molecule has 2 atom stereocenters. The Balaban J connectivity index is 2.28. The number of carbonyl (C=O) groups is 2. The first kappa shape index (κ1) is 15.8. The van der Waals surface area contributed by atoms with Crippen molar-refractivity contribution in [3.63, 3.8) is 0 Å². The second-order valence-electron chi connectivity index (χ2n) is 5.86. The first-order valence-corrected chi connectivity index (χ1v) is 7.56. The Kier molecular flexibility index (Phi) is 4.57. The van der Waals surface area contributed by atoms with E-state index in [1.165, 1.54) is 0 Å². The van der Waals surface area contributed by atoms with Crippen molar-refractivity contribution in [2.24, 2.45) is 5.92 Å². The van der Waals surface area contributed by atoms with Gasteiger partial charge in [-0.1, -0.05) is 37.4 Å². The van der Waals surface area contributed by atoms with Crippen molar-refractivity contribution in [2.75, 3.05) is 0 Å². The summed E-state index contributed by atoms with van der Waals surface area (Å²) in [6.45, 7) is 3.76. The SMILES string of the molecule is Cc1ccc(C(=O)NC2(C(=O)O)CCCCC2C)c(Cl)c1. The zero-order valence-corrected chi connectivity index (χ0v) is 13.0. The number of amides is 1. The molecule has 0 spiro atoms. The molecule has 1 aliphatic rings. The van der Waals surface area contributed by atoms with Gasteiger partial charge in [-0.3, -0.25) is 4.79 Å². The maximum absolute atomic E-state index is 12.4. The minimum absolute atomic E-state index is 0.100. The molecule has 0 saturated heterocycles. The van der Waals surface area contributed by atoms with Crippen LogP contribution in [0.25, 0.3) is 0 Å². The van der Waals surface area contributed by atoms with E-state index >= 15 is 0 Å². The van der Waals surface area contributed by atoms with Crippen LogP contribution < -0.4 is 5.32 Å². The Morgan fingerprint density at radius 3 is 2.67 bits per heavy atom. The molecule has 0 radical (unpaired) electrons. The number of rotatable bonds is 3. The van der Waals surface area contributed by atoms with Crippen LogP contribution in [-0.4, -0.2) is 22.5 Å². The molecule has 1 aromatic rings. The third-order valence-electron chi connectivity index (χ3n) is 4.39. The highest BCUT2D eigenvalue weighted by atomic mass is 35.5. The first-order chi connectivity index (χ1) is 9.86. The van der Waals surface area contributed by atoms with E-state index < -0.39 is 17.4 Å². The smallest absolute Gasteiger partial charge is 0.329 e. The van der Waals surface area contributed by atoms with Crippen LogP contribution in [0.15, 0.2) is 18.2 Å². The lowest BCUT2D eigenvalue weighted by atomic mass is 9.73. The highest BCUT2D eigenvalue weighted by Crippen LogP contribution is 2.34. The molecule has 1 amide bonds. The van der Waals surface area contributed by atoms with E-state index in [9.17, 15) is 14.7 Å². The summed E-state index contributed by atoms with van der Waals surface area (Å²) in [6.07, 6.45) is 3.06. The molecule has 1 saturated carbocycles. The maximum Gasteiger partial charge on any atom is 0.329 e. The number of hydrogen-bond donors (Lipinski definition) is 2. The summed E-state index contributed by atoms with van der Waals surface area (Å²) in [7, 11) is 0. The van der Waals surface area contributed by atoms with Crippen molar-refractivity contribution in [1.82, 2.24) is 5.32 Å². The Morgan fingerprint density at radius 2 is 2.10 bits per heavy atom. The van der Waals surface area contributed by atoms with Gasteiger partial charge in [-0.25, -0.2) is 4.79 Å². The van der Waals surface area contributed by atoms with Gasteiger partial charge in [-0.05, 0) is 43.4 Å². The Bertz CT molecular complexity index is 573. The molecule has 2 unspecified atom stereocenters. The number of aryl methyl sites for hydroxylation is 1. The summed E-state index contributed by atoms with van der Waals surface area (Å²) >= 11 is 6.10. The molecule has 2 N–H and O–H groups in total. The molecule has 21 heavy (non-hydrogen) atoms. The van der Waals surface area contributed by atoms with E-state index in [0.29, 0.717) is 17.0 Å². The van der Waals surface area contributed by atoms with Gasteiger partial charge in [0.15, 0.2) is 0 Å². The molecule has 2 rings (SSSR count). The molecule has 1 aromatic carbocycles. The van der Waals surface area contributed by atoms with E-state index in [4.69, 9.17) is 11.6 Å². The Labute approximate surface area is 129 Å². The van der Waals surface area contributed by atoms with Crippen molar-refractivity contribution in [3.8, 4) is 0 Å². The fourth-order valence-corrected chi connectivity index (χ4v) is 3.30. The van der Waals surface area contributed by atoms with Crippen LogP contribution in [0.2, 0.25) is 5.02 Å². The standard InChI is InChI=1S/C16H20ClNO3/c1-10-6-7-12(13(17)9-10)14(19)18-16(15(20)21)8-4-3-5-11(16)2/h6-7,9,11H,3-5,8H2,1-2H3,(H,18,19)(H,20,21). The minimum atomic E-state index is -1.19. The minimum Gasteiger partial charge on any atom is -0.479 e. The van der Waals surface area contributed by atoms with Crippen molar-refractivity contribution >= 4 is 23.5 Å².